The maximum absolute atomic E-state index is 11.5. The van der Waals surface area contributed by atoms with Crippen LogP contribution in [0, 0.1) is 0 Å². The fourth-order valence-corrected chi connectivity index (χ4v) is 1.29. The molecule has 0 aliphatic carbocycles. The van der Waals surface area contributed by atoms with Gasteiger partial charge in [-0.2, -0.15) is 0 Å². The van der Waals surface area contributed by atoms with Gasteiger partial charge in [0.25, 0.3) is 0 Å². The van der Waals surface area contributed by atoms with Crippen LogP contribution in [0.25, 0.3) is 0 Å². The first-order valence-corrected chi connectivity index (χ1v) is 4.70. The average molecular weight is 192 g/mol. The summed E-state index contributed by atoms with van der Waals surface area (Å²) in [4.78, 5) is 13.2. The minimum Gasteiger partial charge on any atom is -0.378 e. The van der Waals surface area contributed by atoms with Crippen molar-refractivity contribution in [2.45, 2.75) is 18.7 Å². The lowest BCUT2D eigenvalue weighted by molar-refractivity contribution is -0.134. The van der Waals surface area contributed by atoms with E-state index in [9.17, 15) is 4.79 Å². The number of ether oxygens (including phenoxy) is 1. The van der Waals surface area contributed by atoms with Crippen molar-refractivity contribution in [3.05, 3.63) is 0 Å². The zero-order valence-electron chi connectivity index (χ0n) is 7.25. The number of carbonyl (C=O) groups is 1. The molecule has 1 aliphatic heterocycles. The first kappa shape index (κ1) is 9.81. The van der Waals surface area contributed by atoms with Crippen molar-refractivity contribution in [3.8, 4) is 0 Å². The first-order chi connectivity index (χ1) is 5.75. The van der Waals surface area contributed by atoms with Crippen molar-refractivity contribution in [3.63, 3.8) is 0 Å². The third-order valence-electron chi connectivity index (χ3n) is 1.95. The molecular weight excluding hydrogens is 178 g/mol. The summed E-state index contributed by atoms with van der Waals surface area (Å²) < 4.78 is 5.13. The van der Waals surface area contributed by atoms with E-state index in [0.717, 1.165) is 0 Å². The second kappa shape index (κ2) is 4.67. The lowest BCUT2D eigenvalue weighted by Crippen LogP contribution is -2.44. The summed E-state index contributed by atoms with van der Waals surface area (Å²) >= 11 is 5.82. The van der Waals surface area contributed by atoms with Crippen LogP contribution < -0.4 is 0 Å². The van der Waals surface area contributed by atoms with Gasteiger partial charge < -0.3 is 9.64 Å². The molecule has 1 heterocycles. The maximum atomic E-state index is 11.5. The predicted octanol–water partition coefficient (Wildman–Crippen LogP) is 0.863. The number of morpholine rings is 1. The molecule has 0 spiro atoms. The maximum Gasteiger partial charge on any atom is 0.240 e. The monoisotopic (exact) mass is 191 g/mol. The van der Waals surface area contributed by atoms with Crippen molar-refractivity contribution >= 4 is 17.5 Å². The zero-order chi connectivity index (χ0) is 8.97. The molecule has 0 aromatic heterocycles. The van der Waals surface area contributed by atoms with Crippen LogP contribution in [0.4, 0.5) is 0 Å². The molecule has 0 aromatic carbocycles. The van der Waals surface area contributed by atoms with Crippen LogP contribution in [-0.4, -0.2) is 42.5 Å². The van der Waals surface area contributed by atoms with Crippen LogP contribution in [0.3, 0.4) is 0 Å². The molecular formula is C8H14ClNO2. The standard InChI is InChI=1S/C8H14ClNO2/c1-2-7(9)8(11)10-3-5-12-6-4-10/h7H,2-6H2,1H3. The van der Waals surface area contributed by atoms with Gasteiger partial charge in [-0.25, -0.2) is 0 Å². The van der Waals surface area contributed by atoms with Crippen molar-refractivity contribution < 1.29 is 9.53 Å². The lowest BCUT2D eigenvalue weighted by atomic mass is 10.3. The van der Waals surface area contributed by atoms with E-state index in [4.69, 9.17) is 16.3 Å². The normalized spacial score (nSPS) is 20.7. The largest absolute Gasteiger partial charge is 0.378 e. The molecule has 1 saturated heterocycles. The van der Waals surface area contributed by atoms with Gasteiger partial charge in [-0.3, -0.25) is 4.79 Å². The van der Waals surface area contributed by atoms with Crippen LogP contribution in [0.2, 0.25) is 0 Å². The molecule has 0 saturated carbocycles. The molecule has 1 unspecified atom stereocenters. The number of halogens is 1. The highest BCUT2D eigenvalue weighted by atomic mass is 35.5. The molecule has 0 radical (unpaired) electrons. The number of hydrogen-bond acceptors (Lipinski definition) is 2. The lowest BCUT2D eigenvalue weighted by Gasteiger charge is -2.28. The van der Waals surface area contributed by atoms with E-state index < -0.39 is 0 Å². The van der Waals surface area contributed by atoms with Crippen molar-refractivity contribution in [1.82, 2.24) is 4.90 Å². The van der Waals surface area contributed by atoms with Gasteiger partial charge in [-0.1, -0.05) is 6.92 Å². The number of alkyl halides is 1. The Morgan fingerprint density at radius 2 is 2.17 bits per heavy atom. The highest BCUT2D eigenvalue weighted by Gasteiger charge is 2.22. The van der Waals surface area contributed by atoms with Crippen molar-refractivity contribution in [2.75, 3.05) is 26.3 Å². The predicted molar refractivity (Wildman–Crippen MR) is 47.3 cm³/mol. The molecule has 1 amide bonds. The Balaban J connectivity index is 2.39. The SMILES string of the molecule is CCC(Cl)C(=O)N1CCOCC1. The third kappa shape index (κ3) is 2.35. The molecule has 0 bridgehead atoms. The Labute approximate surface area is 77.6 Å². The first-order valence-electron chi connectivity index (χ1n) is 4.26. The van der Waals surface area contributed by atoms with Crippen LogP contribution in [-0.2, 0) is 9.53 Å². The minimum atomic E-state index is -0.358. The molecule has 12 heavy (non-hydrogen) atoms. The van der Waals surface area contributed by atoms with Crippen molar-refractivity contribution in [1.29, 1.82) is 0 Å². The fourth-order valence-electron chi connectivity index (χ4n) is 1.16. The molecule has 4 heteroatoms. The van der Waals surface area contributed by atoms with Gasteiger partial charge in [0.05, 0.1) is 13.2 Å². The minimum absolute atomic E-state index is 0.0440. The number of carbonyl (C=O) groups excluding carboxylic acids is 1. The van der Waals surface area contributed by atoms with E-state index in [2.05, 4.69) is 0 Å². The van der Waals surface area contributed by atoms with Gasteiger partial charge in [0.1, 0.15) is 5.38 Å². The van der Waals surface area contributed by atoms with E-state index in [1.165, 1.54) is 0 Å². The zero-order valence-corrected chi connectivity index (χ0v) is 8.01. The number of rotatable bonds is 2. The summed E-state index contributed by atoms with van der Waals surface area (Å²) in [6, 6.07) is 0. The number of amides is 1. The molecule has 0 aromatic rings. The van der Waals surface area contributed by atoms with Gasteiger partial charge in [-0.05, 0) is 6.42 Å². The van der Waals surface area contributed by atoms with Gasteiger partial charge >= 0.3 is 0 Å². The fraction of sp³-hybridized carbons (Fsp3) is 0.875. The number of hydrogen-bond donors (Lipinski definition) is 0. The van der Waals surface area contributed by atoms with Crippen LogP contribution in [0.15, 0.2) is 0 Å². The molecule has 3 nitrogen and oxygen atoms in total. The molecule has 70 valence electrons. The van der Waals surface area contributed by atoms with Gasteiger partial charge in [-0.15, -0.1) is 11.6 Å². The Hall–Kier alpha value is -0.280. The number of nitrogens with zero attached hydrogens (tertiary/aromatic N) is 1. The van der Waals surface area contributed by atoms with Gasteiger partial charge in [0, 0.05) is 13.1 Å². The average Bonchev–Trinajstić information content (AvgIpc) is 2.17. The van der Waals surface area contributed by atoms with Crippen LogP contribution in [0.5, 0.6) is 0 Å². The van der Waals surface area contributed by atoms with E-state index in [1.807, 2.05) is 6.92 Å². The van der Waals surface area contributed by atoms with E-state index in [1.54, 1.807) is 4.90 Å². The van der Waals surface area contributed by atoms with Gasteiger partial charge in [0.2, 0.25) is 5.91 Å². The van der Waals surface area contributed by atoms with E-state index in [0.29, 0.717) is 32.7 Å². The van der Waals surface area contributed by atoms with E-state index >= 15 is 0 Å². The highest BCUT2D eigenvalue weighted by molar-refractivity contribution is 6.30. The summed E-state index contributed by atoms with van der Waals surface area (Å²) in [5.41, 5.74) is 0. The van der Waals surface area contributed by atoms with Crippen molar-refractivity contribution in [2.24, 2.45) is 0 Å². The Bertz CT molecular complexity index is 157. The Morgan fingerprint density at radius 1 is 1.58 bits per heavy atom. The van der Waals surface area contributed by atoms with Crippen LogP contribution in [0.1, 0.15) is 13.3 Å². The van der Waals surface area contributed by atoms with Gasteiger partial charge in [0.15, 0.2) is 0 Å². The summed E-state index contributed by atoms with van der Waals surface area (Å²) in [6.07, 6.45) is 0.692. The Kier molecular flexibility index (Phi) is 3.82. The molecule has 1 aliphatic rings. The topological polar surface area (TPSA) is 29.5 Å². The third-order valence-corrected chi connectivity index (χ3v) is 2.44. The quantitative estimate of drug-likeness (QED) is 0.606. The molecule has 1 atom stereocenters. The Morgan fingerprint density at radius 3 is 2.67 bits per heavy atom. The second-order valence-corrected chi connectivity index (χ2v) is 3.34. The second-order valence-electron chi connectivity index (χ2n) is 2.81. The molecule has 0 N–H and O–H groups in total. The summed E-state index contributed by atoms with van der Waals surface area (Å²) in [6.45, 7) is 4.55. The van der Waals surface area contributed by atoms with Crippen LogP contribution >= 0.6 is 11.6 Å². The smallest absolute Gasteiger partial charge is 0.240 e. The molecule has 1 fully saturated rings. The molecule has 1 rings (SSSR count). The van der Waals surface area contributed by atoms with E-state index in [-0.39, 0.29) is 11.3 Å². The summed E-state index contributed by atoms with van der Waals surface area (Å²) in [7, 11) is 0. The summed E-state index contributed by atoms with van der Waals surface area (Å²) in [5.74, 6) is 0.0440. The highest BCUT2D eigenvalue weighted by Crippen LogP contribution is 2.08. The summed E-state index contributed by atoms with van der Waals surface area (Å²) in [5, 5.41) is -0.358.